The number of benzene rings is 1. The number of alkyl halides is 3. The molecule has 2 heterocycles. The number of ether oxygens (including phenoxy) is 3. The molecule has 1 aromatic heterocycles. The van der Waals surface area contributed by atoms with Gasteiger partial charge in [0.1, 0.15) is 24.1 Å². The lowest BCUT2D eigenvalue weighted by molar-refractivity contribution is -0.242. The molecule has 1 saturated carbocycles. The third-order valence-electron chi connectivity index (χ3n) is 7.43. The van der Waals surface area contributed by atoms with Crippen LogP contribution in [0.25, 0.3) is 0 Å². The Bertz CT molecular complexity index is 1550. The number of aliphatic hydroxyl groups excluding tert-OH is 1. The van der Waals surface area contributed by atoms with Crippen LogP contribution in [0.4, 0.5) is 29.3 Å². The fourth-order valence-corrected chi connectivity index (χ4v) is 6.14. The fourth-order valence-electron chi connectivity index (χ4n) is 4.58. The number of aryl methyl sites for hydroxylation is 1. The van der Waals surface area contributed by atoms with Crippen LogP contribution in [-0.4, -0.2) is 89.7 Å². The topological polar surface area (TPSA) is 182 Å². The molecule has 4 N–H and O–H groups in total. The molecule has 2 aromatic rings. The van der Waals surface area contributed by atoms with Gasteiger partial charge >= 0.3 is 12.3 Å². The van der Waals surface area contributed by atoms with E-state index in [1.54, 1.807) is 6.92 Å². The number of nitrogens with one attached hydrogen (secondary N) is 2. The van der Waals surface area contributed by atoms with Crippen molar-refractivity contribution in [3.63, 3.8) is 0 Å². The predicted octanol–water partition coefficient (Wildman–Crippen LogP) is 2.79. The molecular formula is C28H38F3N5O9S. The van der Waals surface area contributed by atoms with Gasteiger partial charge in [0, 0.05) is 18.4 Å². The number of sulfonamides is 1. The lowest BCUT2D eigenvalue weighted by Gasteiger charge is -2.39. The van der Waals surface area contributed by atoms with Gasteiger partial charge in [-0.2, -0.15) is 13.2 Å². The first-order valence-corrected chi connectivity index (χ1v) is 16.0. The first-order valence-electron chi connectivity index (χ1n) is 14.5. The second-order valence-corrected chi connectivity index (χ2v) is 13.9. The van der Waals surface area contributed by atoms with Crippen molar-refractivity contribution in [3.05, 3.63) is 24.4 Å². The van der Waals surface area contributed by atoms with Gasteiger partial charge in [0.05, 0.1) is 24.9 Å². The monoisotopic (exact) mass is 677 g/mol. The van der Waals surface area contributed by atoms with Crippen LogP contribution in [0, 0.1) is 5.92 Å². The molecule has 1 aliphatic heterocycles. The number of nitrogens with zero attached hydrogens (tertiary/aromatic N) is 3. The van der Waals surface area contributed by atoms with E-state index in [4.69, 9.17) is 9.47 Å². The Hall–Kier alpha value is -3.77. The summed E-state index contributed by atoms with van der Waals surface area (Å²) in [5.41, 5.74) is -4.72. The average Bonchev–Trinajstić information content (AvgIpc) is 3.70. The Morgan fingerprint density at radius 2 is 1.87 bits per heavy atom. The minimum atomic E-state index is -4.86. The fraction of sp³-hybridized carbons (Fsp3) is 0.607. The molecule has 0 spiro atoms. The van der Waals surface area contributed by atoms with Gasteiger partial charge in [-0.05, 0) is 71.6 Å². The SMILES string of the molecule is CCn1cc(S(=O)(=O)N2C[C@H](C(NC(=O)C(C)(C)O)C3CC3)Oc3ccc(NC(=O)OC(C)(C)C(F)(F)F)cc32)c(OCCO)n1. The summed E-state index contributed by atoms with van der Waals surface area (Å²) in [5, 5.41) is 28.7. The molecular weight excluding hydrogens is 639 g/mol. The van der Waals surface area contributed by atoms with Crippen LogP contribution >= 0.6 is 0 Å². The van der Waals surface area contributed by atoms with Gasteiger partial charge in [-0.1, -0.05) is 0 Å². The normalized spacial score (nSPS) is 17.9. The first-order chi connectivity index (χ1) is 21.3. The number of hydrogen-bond acceptors (Lipinski definition) is 10. The molecule has 2 aliphatic rings. The van der Waals surface area contributed by atoms with E-state index in [1.165, 1.54) is 42.9 Å². The van der Waals surface area contributed by atoms with Crippen LogP contribution < -0.4 is 24.4 Å². The summed E-state index contributed by atoms with van der Waals surface area (Å²) >= 11 is 0. The van der Waals surface area contributed by atoms with Crippen LogP contribution in [0.5, 0.6) is 11.6 Å². The highest BCUT2D eigenvalue weighted by molar-refractivity contribution is 7.93. The minimum Gasteiger partial charge on any atom is -0.484 e. The van der Waals surface area contributed by atoms with E-state index < -0.39 is 58.2 Å². The maximum atomic E-state index is 14.3. The van der Waals surface area contributed by atoms with Crippen molar-refractivity contribution in [2.45, 2.75) is 88.4 Å². The second kappa shape index (κ2) is 12.8. The number of rotatable bonds is 12. The molecule has 2 atom stereocenters. The maximum absolute atomic E-state index is 14.3. The van der Waals surface area contributed by atoms with Crippen molar-refractivity contribution in [1.29, 1.82) is 0 Å². The summed E-state index contributed by atoms with van der Waals surface area (Å²) in [6.45, 7) is 4.98. The molecule has 1 aromatic carbocycles. The number of carbonyl (C=O) groups excluding carboxylic acids is 2. The molecule has 14 nitrogen and oxygen atoms in total. The Morgan fingerprint density at radius 3 is 2.43 bits per heavy atom. The van der Waals surface area contributed by atoms with Crippen molar-refractivity contribution in [2.24, 2.45) is 5.92 Å². The summed E-state index contributed by atoms with van der Waals surface area (Å²) in [6.07, 6.45) is -4.54. The average molecular weight is 678 g/mol. The number of halogens is 3. The number of fused-ring (bicyclic) bond motifs is 1. The molecule has 4 rings (SSSR count). The zero-order valence-corrected chi connectivity index (χ0v) is 26.7. The van der Waals surface area contributed by atoms with E-state index >= 15 is 0 Å². The van der Waals surface area contributed by atoms with E-state index in [-0.39, 0.29) is 53.5 Å². The molecule has 0 radical (unpaired) electrons. The third-order valence-corrected chi connectivity index (χ3v) is 9.19. The lowest BCUT2D eigenvalue weighted by atomic mass is 10.0. The summed E-state index contributed by atoms with van der Waals surface area (Å²) in [5.74, 6) is -1.00. The Labute approximate surface area is 263 Å². The second-order valence-electron chi connectivity index (χ2n) is 12.0. The standard InChI is InChI=1S/C28H38F3N5O9S/c1-6-35-15-21(23(34-35)43-12-11-37)46(41,42)36-14-20(22(16-7-8-16)33-24(38)26(2,3)40)44-19-10-9-17(13-18(19)36)32-25(39)45-27(4,5)28(29,30)31/h9-10,13,15-16,20,22,37,40H,6-8,11-12,14H2,1-5H3,(H,32,39)(H,33,38)/t20-,22?/m1/s1. The number of aromatic nitrogens is 2. The zero-order valence-electron chi connectivity index (χ0n) is 25.9. The Kier molecular flexibility index (Phi) is 9.76. The van der Waals surface area contributed by atoms with Gasteiger partial charge in [0.2, 0.25) is 5.60 Å². The molecule has 1 unspecified atom stereocenters. The zero-order chi connectivity index (χ0) is 34.2. The van der Waals surface area contributed by atoms with E-state index in [2.05, 4.69) is 20.5 Å². The van der Waals surface area contributed by atoms with Crippen molar-refractivity contribution >= 4 is 33.4 Å². The van der Waals surface area contributed by atoms with Crippen molar-refractivity contribution in [1.82, 2.24) is 15.1 Å². The van der Waals surface area contributed by atoms with Crippen LogP contribution in [-0.2, 0) is 26.1 Å². The maximum Gasteiger partial charge on any atom is 0.427 e. The van der Waals surface area contributed by atoms with Crippen molar-refractivity contribution in [3.8, 4) is 11.6 Å². The number of carbonyl (C=O) groups is 2. The quantitative estimate of drug-likeness (QED) is 0.261. The summed E-state index contributed by atoms with van der Waals surface area (Å²) in [4.78, 5) is 24.8. The van der Waals surface area contributed by atoms with Crippen LogP contribution in [0.2, 0.25) is 0 Å². The summed E-state index contributed by atoms with van der Waals surface area (Å²) < 4.78 is 87.0. The number of anilines is 2. The lowest BCUT2D eigenvalue weighted by Crippen LogP contribution is -2.58. The highest BCUT2D eigenvalue weighted by Gasteiger charge is 2.51. The Balaban J connectivity index is 1.76. The van der Waals surface area contributed by atoms with E-state index in [1.807, 2.05) is 0 Å². The molecule has 46 heavy (non-hydrogen) atoms. The molecule has 1 aliphatic carbocycles. The van der Waals surface area contributed by atoms with Crippen LogP contribution in [0.3, 0.4) is 0 Å². The van der Waals surface area contributed by atoms with Gasteiger partial charge in [0.25, 0.3) is 21.8 Å². The van der Waals surface area contributed by atoms with Gasteiger partial charge in [-0.3, -0.25) is 19.1 Å². The van der Waals surface area contributed by atoms with Crippen LogP contribution in [0.15, 0.2) is 29.3 Å². The van der Waals surface area contributed by atoms with Gasteiger partial charge in [-0.15, -0.1) is 5.10 Å². The summed E-state index contributed by atoms with van der Waals surface area (Å²) in [6, 6.07) is 3.12. The van der Waals surface area contributed by atoms with Crippen molar-refractivity contribution < 1.29 is 55.6 Å². The predicted molar refractivity (Wildman–Crippen MR) is 157 cm³/mol. The first kappa shape index (κ1) is 35.1. The summed E-state index contributed by atoms with van der Waals surface area (Å²) in [7, 11) is -4.54. The molecule has 1 fully saturated rings. The number of amides is 2. The van der Waals surface area contributed by atoms with Crippen LogP contribution in [0.1, 0.15) is 47.5 Å². The minimum absolute atomic E-state index is 0.0261. The highest BCUT2D eigenvalue weighted by atomic mass is 32.2. The third kappa shape index (κ3) is 7.60. The van der Waals surface area contributed by atoms with Gasteiger partial charge in [-0.25, -0.2) is 13.2 Å². The number of hydrogen-bond donors (Lipinski definition) is 4. The smallest absolute Gasteiger partial charge is 0.427 e. The molecule has 18 heteroatoms. The molecule has 2 amide bonds. The highest BCUT2D eigenvalue weighted by Crippen LogP contribution is 2.44. The molecule has 0 bridgehead atoms. The largest absolute Gasteiger partial charge is 0.484 e. The van der Waals surface area contributed by atoms with E-state index in [0.717, 1.165) is 17.1 Å². The van der Waals surface area contributed by atoms with Gasteiger partial charge in [0.15, 0.2) is 4.90 Å². The van der Waals surface area contributed by atoms with Crippen molar-refractivity contribution in [2.75, 3.05) is 29.4 Å². The molecule has 256 valence electrons. The van der Waals surface area contributed by atoms with E-state index in [9.17, 15) is 41.4 Å². The number of aliphatic hydroxyl groups is 2. The van der Waals surface area contributed by atoms with Gasteiger partial charge < -0.3 is 29.7 Å². The van der Waals surface area contributed by atoms with E-state index in [0.29, 0.717) is 13.8 Å². The Morgan fingerprint density at radius 1 is 1.20 bits per heavy atom. The molecule has 0 saturated heterocycles.